The highest BCUT2D eigenvalue weighted by molar-refractivity contribution is 5.17. The Morgan fingerprint density at radius 1 is 1.53 bits per heavy atom. The molecule has 2 unspecified atom stereocenters. The van der Waals surface area contributed by atoms with E-state index in [0.29, 0.717) is 18.5 Å². The molecule has 0 saturated heterocycles. The largest absolute Gasteiger partial charge is 0.330 e. The third-order valence-electron chi connectivity index (χ3n) is 3.11. The van der Waals surface area contributed by atoms with Crippen molar-refractivity contribution in [2.75, 3.05) is 6.54 Å². The topological polar surface area (TPSA) is 56.7 Å². The van der Waals surface area contributed by atoms with Gasteiger partial charge in [-0.15, -0.1) is 5.10 Å². The predicted molar refractivity (Wildman–Crippen MR) is 59.7 cm³/mol. The third-order valence-corrected chi connectivity index (χ3v) is 3.11. The van der Waals surface area contributed by atoms with E-state index >= 15 is 0 Å². The van der Waals surface area contributed by atoms with Crippen LogP contribution in [-0.4, -0.2) is 21.5 Å². The molecule has 0 radical (unpaired) electrons. The lowest BCUT2D eigenvalue weighted by Gasteiger charge is -2.10. The van der Waals surface area contributed by atoms with Gasteiger partial charge in [0.2, 0.25) is 0 Å². The van der Waals surface area contributed by atoms with Crippen LogP contribution in [0.15, 0.2) is 0 Å². The minimum absolute atomic E-state index is 0.481. The van der Waals surface area contributed by atoms with E-state index in [1.807, 2.05) is 0 Å². The smallest absolute Gasteiger partial charge is 0.0874 e. The van der Waals surface area contributed by atoms with Crippen LogP contribution in [0.3, 0.4) is 0 Å². The first kappa shape index (κ1) is 10.6. The highest BCUT2D eigenvalue weighted by Crippen LogP contribution is 2.43. The lowest BCUT2D eigenvalue weighted by molar-refractivity contribution is 0.541. The molecule has 2 rings (SSSR count). The Balaban J connectivity index is 2.29. The zero-order valence-electron chi connectivity index (χ0n) is 9.77. The van der Waals surface area contributed by atoms with Crippen molar-refractivity contribution in [2.24, 2.45) is 11.7 Å². The van der Waals surface area contributed by atoms with Crippen molar-refractivity contribution in [3.05, 3.63) is 11.4 Å². The fourth-order valence-electron chi connectivity index (χ4n) is 2.13. The van der Waals surface area contributed by atoms with Crippen LogP contribution in [0.1, 0.15) is 50.5 Å². The van der Waals surface area contributed by atoms with Crippen molar-refractivity contribution in [3.8, 4) is 0 Å². The Kier molecular flexibility index (Phi) is 2.78. The fourth-order valence-corrected chi connectivity index (χ4v) is 2.13. The van der Waals surface area contributed by atoms with Gasteiger partial charge in [0.1, 0.15) is 0 Å². The van der Waals surface area contributed by atoms with Crippen LogP contribution < -0.4 is 5.73 Å². The van der Waals surface area contributed by atoms with Crippen molar-refractivity contribution in [3.63, 3.8) is 0 Å². The summed E-state index contributed by atoms with van der Waals surface area (Å²) in [6.45, 7) is 7.31. The number of nitrogens with two attached hydrogens (primary N) is 1. The van der Waals surface area contributed by atoms with Crippen molar-refractivity contribution in [2.45, 2.75) is 45.6 Å². The molecule has 1 heterocycles. The standard InChI is InChI=1S/C11H20N4/c1-7(2)11-9(4-5-12)13-14-15(11)10-6-8(10)3/h7-8,10H,4-6,12H2,1-3H3. The average Bonchev–Trinajstić information content (AvgIpc) is 2.75. The van der Waals surface area contributed by atoms with Crippen LogP contribution in [0.25, 0.3) is 0 Å². The molecule has 1 fully saturated rings. The van der Waals surface area contributed by atoms with Gasteiger partial charge >= 0.3 is 0 Å². The molecule has 0 bridgehead atoms. The van der Waals surface area contributed by atoms with Crippen molar-refractivity contribution in [1.29, 1.82) is 0 Å². The summed E-state index contributed by atoms with van der Waals surface area (Å²) in [6, 6.07) is 0.585. The second kappa shape index (κ2) is 3.93. The maximum atomic E-state index is 5.58. The second-order valence-electron chi connectivity index (χ2n) is 4.84. The minimum atomic E-state index is 0.481. The molecule has 0 amide bonds. The van der Waals surface area contributed by atoms with E-state index in [2.05, 4.69) is 35.8 Å². The molecule has 4 heteroatoms. The van der Waals surface area contributed by atoms with Gasteiger partial charge in [-0.2, -0.15) is 0 Å². The van der Waals surface area contributed by atoms with Gasteiger partial charge in [0.15, 0.2) is 0 Å². The number of aromatic nitrogens is 3. The molecule has 2 atom stereocenters. The third kappa shape index (κ3) is 1.91. The summed E-state index contributed by atoms with van der Waals surface area (Å²) < 4.78 is 2.13. The molecule has 0 spiro atoms. The van der Waals surface area contributed by atoms with Crippen LogP contribution in [0.5, 0.6) is 0 Å². The maximum absolute atomic E-state index is 5.58. The minimum Gasteiger partial charge on any atom is -0.330 e. The van der Waals surface area contributed by atoms with E-state index in [0.717, 1.165) is 18.0 Å². The Bertz CT molecular complexity index is 342. The summed E-state index contributed by atoms with van der Waals surface area (Å²) in [5.41, 5.74) is 7.96. The monoisotopic (exact) mass is 208 g/mol. The molecule has 84 valence electrons. The van der Waals surface area contributed by atoms with Gasteiger partial charge in [-0.1, -0.05) is 26.0 Å². The molecule has 1 aliphatic carbocycles. The summed E-state index contributed by atoms with van der Waals surface area (Å²) in [5, 5.41) is 8.54. The molecular weight excluding hydrogens is 188 g/mol. The number of hydrogen-bond acceptors (Lipinski definition) is 3. The first-order valence-corrected chi connectivity index (χ1v) is 5.79. The summed E-state index contributed by atoms with van der Waals surface area (Å²) >= 11 is 0. The van der Waals surface area contributed by atoms with Crippen LogP contribution in [0.4, 0.5) is 0 Å². The highest BCUT2D eigenvalue weighted by Gasteiger charge is 2.37. The lowest BCUT2D eigenvalue weighted by atomic mass is 10.1. The lowest BCUT2D eigenvalue weighted by Crippen LogP contribution is -2.09. The molecule has 4 nitrogen and oxygen atoms in total. The molecule has 1 aromatic rings. The van der Waals surface area contributed by atoms with Crippen LogP contribution >= 0.6 is 0 Å². The van der Waals surface area contributed by atoms with Crippen LogP contribution in [-0.2, 0) is 6.42 Å². The van der Waals surface area contributed by atoms with Crippen molar-refractivity contribution < 1.29 is 0 Å². The quantitative estimate of drug-likeness (QED) is 0.815. The van der Waals surface area contributed by atoms with E-state index in [1.54, 1.807) is 0 Å². The number of hydrogen-bond donors (Lipinski definition) is 1. The zero-order chi connectivity index (χ0) is 11.0. The van der Waals surface area contributed by atoms with Gasteiger partial charge in [-0.05, 0) is 24.8 Å². The summed E-state index contributed by atoms with van der Waals surface area (Å²) in [6.07, 6.45) is 2.08. The predicted octanol–water partition coefficient (Wildman–Crippen LogP) is 1.48. The van der Waals surface area contributed by atoms with Gasteiger partial charge in [0.05, 0.1) is 17.4 Å². The molecule has 1 saturated carbocycles. The zero-order valence-corrected chi connectivity index (χ0v) is 9.77. The van der Waals surface area contributed by atoms with E-state index in [4.69, 9.17) is 5.73 Å². The Labute approximate surface area is 90.8 Å². The SMILES string of the molecule is CC(C)c1c(CCN)nnn1C1CC1C. The Morgan fingerprint density at radius 2 is 2.20 bits per heavy atom. The molecule has 1 aromatic heterocycles. The van der Waals surface area contributed by atoms with E-state index in [-0.39, 0.29) is 0 Å². The molecule has 2 N–H and O–H groups in total. The second-order valence-corrected chi connectivity index (χ2v) is 4.84. The summed E-state index contributed by atoms with van der Waals surface area (Å²) in [7, 11) is 0. The highest BCUT2D eigenvalue weighted by atomic mass is 15.5. The first-order valence-electron chi connectivity index (χ1n) is 5.79. The first-order chi connectivity index (χ1) is 7.15. The molecule has 0 aromatic carbocycles. The van der Waals surface area contributed by atoms with Gasteiger partial charge in [-0.3, -0.25) is 0 Å². The number of nitrogens with zero attached hydrogens (tertiary/aromatic N) is 3. The van der Waals surface area contributed by atoms with Crippen molar-refractivity contribution >= 4 is 0 Å². The molecule has 1 aliphatic rings. The molecule has 0 aliphatic heterocycles. The van der Waals surface area contributed by atoms with Gasteiger partial charge in [0, 0.05) is 6.42 Å². The normalized spacial score (nSPS) is 24.9. The van der Waals surface area contributed by atoms with Crippen LogP contribution in [0, 0.1) is 5.92 Å². The number of rotatable bonds is 4. The van der Waals surface area contributed by atoms with E-state index in [1.165, 1.54) is 12.1 Å². The van der Waals surface area contributed by atoms with E-state index in [9.17, 15) is 0 Å². The average molecular weight is 208 g/mol. The van der Waals surface area contributed by atoms with E-state index < -0.39 is 0 Å². The molecule has 15 heavy (non-hydrogen) atoms. The maximum Gasteiger partial charge on any atom is 0.0874 e. The van der Waals surface area contributed by atoms with Gasteiger partial charge in [-0.25, -0.2) is 4.68 Å². The fraction of sp³-hybridized carbons (Fsp3) is 0.818. The summed E-state index contributed by atoms with van der Waals surface area (Å²) in [5.74, 6) is 1.24. The summed E-state index contributed by atoms with van der Waals surface area (Å²) in [4.78, 5) is 0. The van der Waals surface area contributed by atoms with Crippen LogP contribution in [0.2, 0.25) is 0 Å². The molecular formula is C11H20N4. The Hall–Kier alpha value is -0.900. The van der Waals surface area contributed by atoms with Gasteiger partial charge < -0.3 is 5.73 Å². The van der Waals surface area contributed by atoms with Crippen molar-refractivity contribution in [1.82, 2.24) is 15.0 Å². The Morgan fingerprint density at radius 3 is 2.67 bits per heavy atom. The van der Waals surface area contributed by atoms with Gasteiger partial charge in [0.25, 0.3) is 0 Å².